The maximum atomic E-state index is 11.0. The molecule has 0 aliphatic rings. The number of benzene rings is 2. The number of hydrogen-bond acceptors (Lipinski definition) is 2. The van der Waals surface area contributed by atoms with Crippen LogP contribution in [0.4, 0.5) is 0 Å². The van der Waals surface area contributed by atoms with Gasteiger partial charge in [-0.3, -0.25) is 0 Å². The van der Waals surface area contributed by atoms with Gasteiger partial charge in [-0.2, -0.15) is 0 Å². The second-order valence-corrected chi connectivity index (χ2v) is 4.76. The van der Waals surface area contributed by atoms with Crippen molar-refractivity contribution in [3.05, 3.63) is 64.2 Å². The Morgan fingerprint density at radius 3 is 2.37 bits per heavy atom. The molecule has 1 unspecified atom stereocenters. The molecular formula is C15H13ClO3. The number of aromatic carboxylic acids is 1. The van der Waals surface area contributed by atoms with Crippen molar-refractivity contribution in [1.82, 2.24) is 0 Å². The average molecular weight is 277 g/mol. The minimum atomic E-state index is -1.14. The minimum Gasteiger partial charge on any atom is -0.507 e. The molecule has 0 aromatic heterocycles. The predicted octanol–water partition coefficient (Wildman–Crippen LogP) is 3.90. The number of hydrogen-bond donors (Lipinski definition) is 2. The van der Waals surface area contributed by atoms with Gasteiger partial charge in [0.05, 0.1) is 0 Å². The van der Waals surface area contributed by atoms with Gasteiger partial charge in [-0.1, -0.05) is 42.8 Å². The summed E-state index contributed by atoms with van der Waals surface area (Å²) in [6.45, 7) is 1.91. The lowest BCUT2D eigenvalue weighted by molar-refractivity contribution is 0.0693. The van der Waals surface area contributed by atoms with Crippen molar-refractivity contribution >= 4 is 17.6 Å². The Morgan fingerprint density at radius 2 is 1.79 bits per heavy atom. The van der Waals surface area contributed by atoms with E-state index in [4.69, 9.17) is 16.7 Å². The zero-order valence-corrected chi connectivity index (χ0v) is 11.1. The summed E-state index contributed by atoms with van der Waals surface area (Å²) in [5.41, 5.74) is 1.46. The van der Waals surface area contributed by atoms with E-state index in [9.17, 15) is 9.90 Å². The first-order chi connectivity index (χ1) is 9.00. The third kappa shape index (κ3) is 2.71. The maximum absolute atomic E-state index is 11.0. The van der Waals surface area contributed by atoms with Gasteiger partial charge >= 0.3 is 5.97 Å². The van der Waals surface area contributed by atoms with E-state index in [-0.39, 0.29) is 17.2 Å². The van der Waals surface area contributed by atoms with Crippen LogP contribution in [0, 0.1) is 0 Å². The fourth-order valence-corrected chi connectivity index (χ4v) is 2.14. The lowest BCUT2D eigenvalue weighted by Gasteiger charge is -2.15. The van der Waals surface area contributed by atoms with Crippen molar-refractivity contribution in [3.8, 4) is 5.75 Å². The Kier molecular flexibility index (Phi) is 3.76. The summed E-state index contributed by atoms with van der Waals surface area (Å²) >= 11 is 5.83. The average Bonchev–Trinajstić information content (AvgIpc) is 2.38. The molecule has 0 bridgehead atoms. The molecule has 98 valence electrons. The molecule has 0 spiro atoms. The zero-order chi connectivity index (χ0) is 14.0. The Balaban J connectivity index is 2.44. The third-order valence-electron chi connectivity index (χ3n) is 3.13. The van der Waals surface area contributed by atoms with Crippen molar-refractivity contribution in [1.29, 1.82) is 0 Å². The first-order valence-electron chi connectivity index (χ1n) is 5.81. The van der Waals surface area contributed by atoms with Gasteiger partial charge in [0.1, 0.15) is 11.3 Å². The Bertz CT molecular complexity index is 605. The molecule has 2 N–H and O–H groups in total. The highest BCUT2D eigenvalue weighted by Crippen LogP contribution is 2.33. The fraction of sp³-hybridized carbons (Fsp3) is 0.133. The van der Waals surface area contributed by atoms with E-state index >= 15 is 0 Å². The monoisotopic (exact) mass is 276 g/mol. The molecule has 0 amide bonds. The van der Waals surface area contributed by atoms with Gasteiger partial charge in [-0.05, 0) is 23.8 Å². The zero-order valence-electron chi connectivity index (χ0n) is 10.3. The van der Waals surface area contributed by atoms with Crippen LogP contribution in [0.1, 0.15) is 34.3 Å². The summed E-state index contributed by atoms with van der Waals surface area (Å²) in [5.74, 6) is -1.43. The van der Waals surface area contributed by atoms with Crippen LogP contribution in [0.5, 0.6) is 5.75 Å². The molecule has 4 heteroatoms. The highest BCUT2D eigenvalue weighted by Gasteiger charge is 2.18. The Hall–Kier alpha value is -2.00. The fourth-order valence-electron chi connectivity index (χ4n) is 2.01. The highest BCUT2D eigenvalue weighted by molar-refractivity contribution is 6.30. The normalized spacial score (nSPS) is 12.1. The van der Waals surface area contributed by atoms with Crippen LogP contribution >= 0.6 is 11.6 Å². The number of aromatic hydroxyl groups is 1. The second kappa shape index (κ2) is 5.33. The van der Waals surface area contributed by atoms with Crippen molar-refractivity contribution in [2.75, 3.05) is 0 Å². The SMILES string of the molecule is CC(c1ccc(Cl)cc1)c1cccc(C(=O)O)c1O. The number of carboxylic acids is 1. The van der Waals surface area contributed by atoms with Gasteiger partial charge < -0.3 is 10.2 Å². The van der Waals surface area contributed by atoms with Crippen LogP contribution in [0.25, 0.3) is 0 Å². The van der Waals surface area contributed by atoms with E-state index in [0.29, 0.717) is 10.6 Å². The molecule has 0 saturated carbocycles. The Morgan fingerprint density at radius 1 is 1.16 bits per heavy atom. The number of carboxylic acid groups (broad SMARTS) is 1. The van der Waals surface area contributed by atoms with Crippen molar-refractivity contribution in [2.45, 2.75) is 12.8 Å². The summed E-state index contributed by atoms with van der Waals surface area (Å²) < 4.78 is 0. The second-order valence-electron chi connectivity index (χ2n) is 4.32. The van der Waals surface area contributed by atoms with E-state index in [1.54, 1.807) is 24.3 Å². The lowest BCUT2D eigenvalue weighted by atomic mass is 9.91. The summed E-state index contributed by atoms with van der Waals surface area (Å²) in [5, 5.41) is 19.7. The quantitative estimate of drug-likeness (QED) is 0.894. The number of halogens is 1. The minimum absolute atomic E-state index is 0.0849. The summed E-state index contributed by atoms with van der Waals surface area (Å²) in [4.78, 5) is 11.0. The topological polar surface area (TPSA) is 57.5 Å². The van der Waals surface area contributed by atoms with Gasteiger partial charge in [0.15, 0.2) is 0 Å². The first kappa shape index (κ1) is 13.4. The van der Waals surface area contributed by atoms with E-state index in [0.717, 1.165) is 5.56 Å². The highest BCUT2D eigenvalue weighted by atomic mass is 35.5. The van der Waals surface area contributed by atoms with E-state index in [1.165, 1.54) is 6.07 Å². The van der Waals surface area contributed by atoms with Gasteiger partial charge in [0.25, 0.3) is 0 Å². The standard InChI is InChI=1S/C15H13ClO3/c1-9(10-5-7-11(16)8-6-10)12-3-2-4-13(14(12)17)15(18)19/h2-9,17H,1H3,(H,18,19). The largest absolute Gasteiger partial charge is 0.507 e. The Labute approximate surface area is 116 Å². The molecule has 0 aliphatic carbocycles. The molecule has 0 heterocycles. The van der Waals surface area contributed by atoms with Crippen LogP contribution in [-0.2, 0) is 0 Å². The summed E-state index contributed by atoms with van der Waals surface area (Å²) in [6.07, 6.45) is 0. The van der Waals surface area contributed by atoms with Crippen molar-refractivity contribution in [3.63, 3.8) is 0 Å². The summed E-state index contributed by atoms with van der Waals surface area (Å²) in [6, 6.07) is 12.0. The first-order valence-corrected chi connectivity index (χ1v) is 6.19. The molecule has 19 heavy (non-hydrogen) atoms. The van der Waals surface area contributed by atoms with Crippen LogP contribution in [0.3, 0.4) is 0 Å². The van der Waals surface area contributed by atoms with E-state index < -0.39 is 5.97 Å². The number of rotatable bonds is 3. The van der Waals surface area contributed by atoms with Gasteiger partial charge in [-0.25, -0.2) is 4.79 Å². The number of carbonyl (C=O) groups is 1. The summed E-state index contributed by atoms with van der Waals surface area (Å²) in [7, 11) is 0. The maximum Gasteiger partial charge on any atom is 0.339 e. The molecule has 0 radical (unpaired) electrons. The molecule has 2 rings (SSSR count). The van der Waals surface area contributed by atoms with Gasteiger partial charge in [0.2, 0.25) is 0 Å². The third-order valence-corrected chi connectivity index (χ3v) is 3.39. The molecule has 1 atom stereocenters. The number of para-hydroxylation sites is 1. The van der Waals surface area contributed by atoms with Gasteiger partial charge in [-0.15, -0.1) is 0 Å². The van der Waals surface area contributed by atoms with Crippen molar-refractivity contribution in [2.24, 2.45) is 0 Å². The van der Waals surface area contributed by atoms with E-state index in [1.807, 2.05) is 19.1 Å². The number of phenols is 1. The molecule has 0 saturated heterocycles. The lowest BCUT2D eigenvalue weighted by Crippen LogP contribution is -2.02. The van der Waals surface area contributed by atoms with E-state index in [2.05, 4.69) is 0 Å². The molecule has 3 nitrogen and oxygen atoms in total. The van der Waals surface area contributed by atoms with Crippen LogP contribution in [-0.4, -0.2) is 16.2 Å². The van der Waals surface area contributed by atoms with Gasteiger partial charge in [0, 0.05) is 16.5 Å². The molecular weight excluding hydrogens is 264 g/mol. The molecule has 0 aliphatic heterocycles. The smallest absolute Gasteiger partial charge is 0.339 e. The predicted molar refractivity (Wildman–Crippen MR) is 74.0 cm³/mol. The van der Waals surface area contributed by atoms with Crippen LogP contribution in [0.15, 0.2) is 42.5 Å². The molecule has 0 fully saturated rings. The van der Waals surface area contributed by atoms with Crippen molar-refractivity contribution < 1.29 is 15.0 Å². The molecule has 2 aromatic rings. The van der Waals surface area contributed by atoms with Crippen LogP contribution < -0.4 is 0 Å². The molecule has 2 aromatic carbocycles. The van der Waals surface area contributed by atoms with Crippen LogP contribution in [0.2, 0.25) is 5.02 Å².